The predicted octanol–water partition coefficient (Wildman–Crippen LogP) is 2.04. The van der Waals surface area contributed by atoms with Crippen molar-refractivity contribution in [2.24, 2.45) is 5.73 Å². The van der Waals surface area contributed by atoms with Gasteiger partial charge in [0.15, 0.2) is 0 Å². The van der Waals surface area contributed by atoms with Gasteiger partial charge < -0.3 is 5.73 Å². The van der Waals surface area contributed by atoms with Gasteiger partial charge in [-0.25, -0.2) is 8.78 Å². The average Bonchev–Trinajstić information content (AvgIpc) is 2.53. The van der Waals surface area contributed by atoms with E-state index in [2.05, 4.69) is 20.9 Å². The fourth-order valence-corrected chi connectivity index (χ4v) is 1.94. The van der Waals surface area contributed by atoms with Crippen molar-refractivity contribution in [2.45, 2.75) is 17.9 Å². The summed E-state index contributed by atoms with van der Waals surface area (Å²) in [5.74, 6) is -2.78. The van der Waals surface area contributed by atoms with Crippen LogP contribution in [0.25, 0.3) is 0 Å². The lowest BCUT2D eigenvalue weighted by molar-refractivity contribution is 0.0889. The molecule has 0 aromatic carbocycles. The summed E-state index contributed by atoms with van der Waals surface area (Å²) < 4.78 is 26.3. The number of aromatic nitrogens is 1. The van der Waals surface area contributed by atoms with Crippen LogP contribution < -0.4 is 5.73 Å². The summed E-state index contributed by atoms with van der Waals surface area (Å²) >= 11 is 3.15. The van der Waals surface area contributed by atoms with E-state index in [1.165, 1.54) is 18.5 Å². The minimum Gasteiger partial charge on any atom is -0.316 e. The fraction of sp³-hybridized carbons (Fsp3) is 0.375. The van der Waals surface area contributed by atoms with E-state index in [-0.39, 0.29) is 6.42 Å². The normalized spacial score (nSPS) is 30.2. The molecule has 1 fully saturated rings. The molecule has 0 amide bonds. The molecule has 1 atom stereocenters. The fourth-order valence-electron chi connectivity index (χ4n) is 1.34. The summed E-state index contributed by atoms with van der Waals surface area (Å²) in [5.41, 5.74) is 4.47. The first kappa shape index (κ1) is 9.02. The van der Waals surface area contributed by atoms with Gasteiger partial charge in [0, 0.05) is 23.3 Å². The largest absolute Gasteiger partial charge is 0.316 e. The molecule has 2 N–H and O–H groups in total. The van der Waals surface area contributed by atoms with E-state index < -0.39 is 11.5 Å². The number of pyridine rings is 1. The van der Waals surface area contributed by atoms with Crippen LogP contribution in [0.5, 0.6) is 0 Å². The zero-order chi connectivity index (χ0) is 9.69. The minimum atomic E-state index is -2.78. The summed E-state index contributed by atoms with van der Waals surface area (Å²) in [6, 6.07) is 1.52. The molecule has 1 heterocycles. The summed E-state index contributed by atoms with van der Waals surface area (Å²) in [5, 5.41) is 0. The van der Waals surface area contributed by atoms with Crippen molar-refractivity contribution in [1.82, 2.24) is 4.98 Å². The Labute approximate surface area is 82.3 Å². The monoisotopic (exact) mass is 248 g/mol. The third-order valence-corrected chi connectivity index (χ3v) is 2.91. The second-order valence-corrected chi connectivity index (χ2v) is 4.06. The standard InChI is InChI=1S/C8H7BrF2N2/c9-6-3-13-2-1-5(6)7(12)4-8(7,10)11/h1-3H,4,12H2. The molecule has 1 aliphatic carbocycles. The molecule has 2 rings (SSSR count). The molecular formula is C8H7BrF2N2. The molecule has 1 saturated carbocycles. The Balaban J connectivity index is 2.44. The number of rotatable bonds is 1. The van der Waals surface area contributed by atoms with E-state index in [1.54, 1.807) is 0 Å². The van der Waals surface area contributed by atoms with Crippen molar-refractivity contribution in [3.63, 3.8) is 0 Å². The van der Waals surface area contributed by atoms with Crippen molar-refractivity contribution in [1.29, 1.82) is 0 Å². The number of hydrogen-bond acceptors (Lipinski definition) is 2. The van der Waals surface area contributed by atoms with Gasteiger partial charge >= 0.3 is 0 Å². The second-order valence-electron chi connectivity index (χ2n) is 3.21. The highest BCUT2D eigenvalue weighted by molar-refractivity contribution is 9.10. The molecule has 70 valence electrons. The maximum Gasteiger partial charge on any atom is 0.272 e. The van der Waals surface area contributed by atoms with Gasteiger partial charge in [0.1, 0.15) is 5.54 Å². The van der Waals surface area contributed by atoms with Gasteiger partial charge in [-0.15, -0.1) is 0 Å². The van der Waals surface area contributed by atoms with Crippen molar-refractivity contribution in [2.75, 3.05) is 0 Å². The molecule has 1 aromatic heterocycles. The van der Waals surface area contributed by atoms with Crippen LogP contribution in [0.1, 0.15) is 12.0 Å². The number of nitrogens with two attached hydrogens (primary N) is 1. The van der Waals surface area contributed by atoms with Crippen LogP contribution >= 0.6 is 15.9 Å². The Kier molecular flexibility index (Phi) is 1.72. The first-order valence-electron chi connectivity index (χ1n) is 3.74. The molecule has 0 aliphatic heterocycles. The molecule has 1 aromatic rings. The Hall–Kier alpha value is -0.550. The Morgan fingerprint density at radius 3 is 2.62 bits per heavy atom. The zero-order valence-corrected chi connectivity index (χ0v) is 8.18. The molecule has 0 spiro atoms. The molecule has 5 heteroatoms. The minimum absolute atomic E-state index is 0.289. The van der Waals surface area contributed by atoms with Crippen LogP contribution in [0.15, 0.2) is 22.9 Å². The van der Waals surface area contributed by atoms with Crippen LogP contribution in [0.3, 0.4) is 0 Å². The number of nitrogens with zero attached hydrogens (tertiary/aromatic N) is 1. The van der Waals surface area contributed by atoms with Gasteiger partial charge in [-0.3, -0.25) is 4.98 Å². The molecule has 2 nitrogen and oxygen atoms in total. The maximum absolute atomic E-state index is 12.9. The summed E-state index contributed by atoms with van der Waals surface area (Å²) in [7, 11) is 0. The molecular weight excluding hydrogens is 242 g/mol. The maximum atomic E-state index is 12.9. The number of halogens is 3. The van der Waals surface area contributed by atoms with Crippen LogP contribution in [-0.2, 0) is 5.54 Å². The van der Waals surface area contributed by atoms with Crippen LogP contribution in [0.4, 0.5) is 8.78 Å². The van der Waals surface area contributed by atoms with Gasteiger partial charge in [-0.1, -0.05) is 0 Å². The third kappa shape index (κ3) is 1.18. The average molecular weight is 249 g/mol. The van der Waals surface area contributed by atoms with E-state index in [0.717, 1.165) is 0 Å². The molecule has 0 bridgehead atoms. The van der Waals surface area contributed by atoms with Crippen LogP contribution in [0, 0.1) is 0 Å². The lowest BCUT2D eigenvalue weighted by Gasteiger charge is -2.11. The van der Waals surface area contributed by atoms with E-state index in [1.807, 2.05) is 0 Å². The third-order valence-electron chi connectivity index (χ3n) is 2.28. The highest BCUT2D eigenvalue weighted by atomic mass is 79.9. The predicted molar refractivity (Wildman–Crippen MR) is 47.4 cm³/mol. The lowest BCUT2D eigenvalue weighted by atomic mass is 10.1. The topological polar surface area (TPSA) is 38.9 Å². The van der Waals surface area contributed by atoms with E-state index in [0.29, 0.717) is 10.0 Å². The van der Waals surface area contributed by atoms with Crippen LogP contribution in [0.2, 0.25) is 0 Å². The number of alkyl halides is 2. The van der Waals surface area contributed by atoms with Gasteiger partial charge in [0.05, 0.1) is 0 Å². The second kappa shape index (κ2) is 2.48. The summed E-state index contributed by atoms with van der Waals surface area (Å²) in [6.07, 6.45) is 2.64. The Bertz CT molecular complexity index is 356. The van der Waals surface area contributed by atoms with Crippen molar-refractivity contribution < 1.29 is 8.78 Å². The summed E-state index contributed by atoms with van der Waals surface area (Å²) in [4.78, 5) is 3.79. The first-order valence-corrected chi connectivity index (χ1v) is 4.53. The first-order chi connectivity index (χ1) is 5.97. The van der Waals surface area contributed by atoms with Crippen molar-refractivity contribution in [3.05, 3.63) is 28.5 Å². The molecule has 13 heavy (non-hydrogen) atoms. The van der Waals surface area contributed by atoms with Crippen LogP contribution in [-0.4, -0.2) is 10.9 Å². The molecule has 1 aliphatic rings. The smallest absolute Gasteiger partial charge is 0.272 e. The van der Waals surface area contributed by atoms with Crippen molar-refractivity contribution >= 4 is 15.9 Å². The molecule has 1 unspecified atom stereocenters. The summed E-state index contributed by atoms with van der Waals surface area (Å²) in [6.45, 7) is 0. The lowest BCUT2D eigenvalue weighted by Crippen LogP contribution is -2.27. The quantitative estimate of drug-likeness (QED) is 0.827. The van der Waals surface area contributed by atoms with E-state index in [9.17, 15) is 8.78 Å². The Morgan fingerprint density at radius 1 is 1.54 bits per heavy atom. The molecule has 0 saturated heterocycles. The zero-order valence-electron chi connectivity index (χ0n) is 6.60. The van der Waals surface area contributed by atoms with E-state index >= 15 is 0 Å². The molecule has 0 radical (unpaired) electrons. The van der Waals surface area contributed by atoms with Crippen molar-refractivity contribution in [3.8, 4) is 0 Å². The highest BCUT2D eigenvalue weighted by Gasteiger charge is 2.70. The van der Waals surface area contributed by atoms with E-state index in [4.69, 9.17) is 5.73 Å². The number of hydrogen-bond donors (Lipinski definition) is 1. The van der Waals surface area contributed by atoms with Gasteiger partial charge in [-0.05, 0) is 27.6 Å². The van der Waals surface area contributed by atoms with Gasteiger partial charge in [0.25, 0.3) is 5.92 Å². The Morgan fingerprint density at radius 2 is 2.15 bits per heavy atom. The van der Waals surface area contributed by atoms with Gasteiger partial charge in [0.2, 0.25) is 0 Å². The SMILES string of the molecule is NC1(c2ccncc2Br)CC1(F)F. The van der Waals surface area contributed by atoms with Gasteiger partial charge in [-0.2, -0.15) is 0 Å². The highest BCUT2D eigenvalue weighted by Crippen LogP contribution is 2.58.